The molecule has 4 nitrogen and oxygen atoms in total. The van der Waals surface area contributed by atoms with Gasteiger partial charge in [0, 0.05) is 11.5 Å². The Kier molecular flexibility index (Phi) is 4.40. The van der Waals surface area contributed by atoms with E-state index in [1.165, 1.54) is 22.9 Å². The number of benzene rings is 1. The lowest BCUT2D eigenvalue weighted by atomic mass is 9.92. The van der Waals surface area contributed by atoms with Crippen LogP contribution in [-0.4, -0.2) is 16.4 Å². The largest absolute Gasteiger partial charge is 0.492 e. The molecule has 1 aromatic heterocycles. The van der Waals surface area contributed by atoms with Crippen molar-refractivity contribution in [2.75, 3.05) is 6.61 Å². The smallest absolute Gasteiger partial charge is 0.266 e. The molecule has 0 aliphatic rings. The first-order valence-corrected chi connectivity index (χ1v) is 6.83. The quantitative estimate of drug-likeness (QED) is 0.869. The van der Waals surface area contributed by atoms with Crippen LogP contribution in [0.1, 0.15) is 26.5 Å². The molecule has 0 aliphatic carbocycles. The SMILES string of the molecule is CC(C)(C)c1ccc(=O)n(CCOc2ccc(F)cc2)n1. The van der Waals surface area contributed by atoms with Gasteiger partial charge in [0.25, 0.3) is 5.56 Å². The third-order valence-electron chi connectivity index (χ3n) is 3.02. The lowest BCUT2D eigenvalue weighted by Gasteiger charge is -2.18. The number of halogens is 1. The van der Waals surface area contributed by atoms with Crippen LogP contribution in [0.15, 0.2) is 41.2 Å². The topological polar surface area (TPSA) is 44.1 Å². The van der Waals surface area contributed by atoms with Crippen LogP contribution < -0.4 is 10.3 Å². The van der Waals surface area contributed by atoms with E-state index in [4.69, 9.17) is 4.74 Å². The minimum absolute atomic E-state index is 0.118. The normalized spacial score (nSPS) is 11.4. The van der Waals surface area contributed by atoms with Gasteiger partial charge in [-0.2, -0.15) is 5.10 Å². The lowest BCUT2D eigenvalue weighted by molar-refractivity contribution is 0.285. The summed E-state index contributed by atoms with van der Waals surface area (Å²) in [6.07, 6.45) is 0. The van der Waals surface area contributed by atoms with Crippen molar-refractivity contribution < 1.29 is 9.13 Å². The molecule has 0 saturated carbocycles. The molecule has 0 atom stereocenters. The highest BCUT2D eigenvalue weighted by Gasteiger charge is 2.16. The lowest BCUT2D eigenvalue weighted by Crippen LogP contribution is -2.28. The second kappa shape index (κ2) is 6.08. The molecule has 0 saturated heterocycles. The zero-order valence-corrected chi connectivity index (χ0v) is 12.5. The van der Waals surface area contributed by atoms with Gasteiger partial charge in [0.05, 0.1) is 12.2 Å². The molecule has 0 radical (unpaired) electrons. The van der Waals surface area contributed by atoms with Crippen LogP contribution in [0.2, 0.25) is 0 Å². The highest BCUT2D eigenvalue weighted by Crippen LogP contribution is 2.18. The minimum Gasteiger partial charge on any atom is -0.492 e. The highest BCUT2D eigenvalue weighted by atomic mass is 19.1. The molecule has 112 valence electrons. The van der Waals surface area contributed by atoms with Crippen molar-refractivity contribution in [3.63, 3.8) is 0 Å². The van der Waals surface area contributed by atoms with Crippen LogP contribution in [0, 0.1) is 5.82 Å². The Bertz CT molecular complexity index is 657. The van der Waals surface area contributed by atoms with E-state index in [1.807, 2.05) is 20.8 Å². The predicted molar refractivity (Wildman–Crippen MR) is 79.1 cm³/mol. The van der Waals surface area contributed by atoms with E-state index in [9.17, 15) is 9.18 Å². The van der Waals surface area contributed by atoms with E-state index >= 15 is 0 Å². The zero-order chi connectivity index (χ0) is 15.5. The average Bonchev–Trinajstić information content (AvgIpc) is 2.42. The van der Waals surface area contributed by atoms with Crippen molar-refractivity contribution >= 4 is 0 Å². The predicted octanol–water partition coefficient (Wildman–Crippen LogP) is 2.76. The molecule has 1 heterocycles. The maximum Gasteiger partial charge on any atom is 0.266 e. The van der Waals surface area contributed by atoms with Gasteiger partial charge in [-0.15, -0.1) is 0 Å². The molecule has 5 heteroatoms. The fourth-order valence-corrected chi connectivity index (χ4v) is 1.79. The van der Waals surface area contributed by atoms with E-state index in [0.29, 0.717) is 18.9 Å². The maximum absolute atomic E-state index is 12.8. The Hall–Kier alpha value is -2.17. The molecular formula is C16H19FN2O2. The van der Waals surface area contributed by atoms with Gasteiger partial charge in [-0.3, -0.25) is 4.79 Å². The highest BCUT2D eigenvalue weighted by molar-refractivity contribution is 5.21. The molecule has 2 aromatic rings. The first-order valence-electron chi connectivity index (χ1n) is 6.83. The fraction of sp³-hybridized carbons (Fsp3) is 0.375. The van der Waals surface area contributed by atoms with Gasteiger partial charge >= 0.3 is 0 Å². The Morgan fingerprint density at radius 1 is 1.14 bits per heavy atom. The third-order valence-corrected chi connectivity index (χ3v) is 3.02. The Morgan fingerprint density at radius 3 is 2.43 bits per heavy atom. The summed E-state index contributed by atoms with van der Waals surface area (Å²) in [5.74, 6) is 0.259. The number of rotatable bonds is 4. The molecule has 0 spiro atoms. The van der Waals surface area contributed by atoms with Crippen molar-refractivity contribution in [3.8, 4) is 5.75 Å². The van der Waals surface area contributed by atoms with Gasteiger partial charge in [0.1, 0.15) is 18.2 Å². The third kappa shape index (κ3) is 4.15. The zero-order valence-electron chi connectivity index (χ0n) is 12.5. The van der Waals surface area contributed by atoms with Crippen LogP contribution in [0.5, 0.6) is 5.75 Å². The van der Waals surface area contributed by atoms with E-state index in [0.717, 1.165) is 5.69 Å². The van der Waals surface area contributed by atoms with Crippen LogP contribution in [0.4, 0.5) is 4.39 Å². The van der Waals surface area contributed by atoms with Crippen LogP contribution in [0.3, 0.4) is 0 Å². The molecular weight excluding hydrogens is 271 g/mol. The second-order valence-corrected chi connectivity index (χ2v) is 5.83. The molecule has 0 amide bonds. The molecule has 0 fully saturated rings. The Labute approximate surface area is 123 Å². The molecule has 2 rings (SSSR count). The Morgan fingerprint density at radius 2 is 1.81 bits per heavy atom. The summed E-state index contributed by atoms with van der Waals surface area (Å²) in [6.45, 7) is 6.77. The first-order chi connectivity index (χ1) is 9.86. The number of hydrogen-bond donors (Lipinski definition) is 0. The molecule has 0 bridgehead atoms. The summed E-state index contributed by atoms with van der Waals surface area (Å²) in [4.78, 5) is 11.8. The van der Waals surface area contributed by atoms with Crippen LogP contribution in [-0.2, 0) is 12.0 Å². The fourth-order valence-electron chi connectivity index (χ4n) is 1.79. The molecule has 0 aliphatic heterocycles. The van der Waals surface area contributed by atoms with Crippen molar-refractivity contribution in [1.82, 2.24) is 9.78 Å². The van der Waals surface area contributed by atoms with Crippen molar-refractivity contribution in [3.05, 3.63) is 58.3 Å². The van der Waals surface area contributed by atoms with Gasteiger partial charge in [-0.05, 0) is 30.3 Å². The molecule has 1 aromatic carbocycles. The van der Waals surface area contributed by atoms with Crippen molar-refractivity contribution in [1.29, 1.82) is 0 Å². The summed E-state index contributed by atoms with van der Waals surface area (Å²) < 4.78 is 19.6. The number of aromatic nitrogens is 2. The minimum atomic E-state index is -0.307. The van der Waals surface area contributed by atoms with Gasteiger partial charge in [-0.1, -0.05) is 20.8 Å². The first kappa shape index (κ1) is 15.2. The number of nitrogens with zero attached hydrogens (tertiary/aromatic N) is 2. The summed E-state index contributed by atoms with van der Waals surface area (Å²) in [5.41, 5.74) is 0.572. The monoisotopic (exact) mass is 290 g/mol. The second-order valence-electron chi connectivity index (χ2n) is 5.83. The molecule has 0 N–H and O–H groups in total. The van der Waals surface area contributed by atoms with E-state index in [2.05, 4.69) is 5.10 Å². The standard InChI is InChI=1S/C16H19FN2O2/c1-16(2,3)14-8-9-15(20)19(18-14)10-11-21-13-6-4-12(17)5-7-13/h4-9H,10-11H2,1-3H3. The van der Waals surface area contributed by atoms with Crippen molar-refractivity contribution in [2.45, 2.75) is 32.7 Å². The maximum atomic E-state index is 12.8. The van der Waals surface area contributed by atoms with E-state index < -0.39 is 0 Å². The summed E-state index contributed by atoms with van der Waals surface area (Å²) >= 11 is 0. The van der Waals surface area contributed by atoms with Crippen LogP contribution in [0.25, 0.3) is 0 Å². The van der Waals surface area contributed by atoms with Gasteiger partial charge in [0.15, 0.2) is 0 Å². The summed E-state index contributed by atoms with van der Waals surface area (Å²) in [6, 6.07) is 9.04. The number of hydrogen-bond acceptors (Lipinski definition) is 3. The van der Waals surface area contributed by atoms with E-state index in [-0.39, 0.29) is 16.8 Å². The van der Waals surface area contributed by atoms with Crippen molar-refractivity contribution in [2.24, 2.45) is 0 Å². The summed E-state index contributed by atoms with van der Waals surface area (Å²) in [7, 11) is 0. The summed E-state index contributed by atoms with van der Waals surface area (Å²) in [5, 5.41) is 4.35. The Balaban J connectivity index is 2.03. The van der Waals surface area contributed by atoms with E-state index in [1.54, 1.807) is 18.2 Å². The number of ether oxygens (including phenoxy) is 1. The van der Waals surface area contributed by atoms with Gasteiger partial charge in [0.2, 0.25) is 0 Å². The van der Waals surface area contributed by atoms with Gasteiger partial charge in [-0.25, -0.2) is 9.07 Å². The molecule has 21 heavy (non-hydrogen) atoms. The average molecular weight is 290 g/mol. The van der Waals surface area contributed by atoms with Crippen LogP contribution >= 0.6 is 0 Å². The molecule has 0 unspecified atom stereocenters. The van der Waals surface area contributed by atoms with Gasteiger partial charge < -0.3 is 4.74 Å².